The van der Waals surface area contributed by atoms with E-state index in [-0.39, 0.29) is 39.4 Å². The van der Waals surface area contributed by atoms with Crippen molar-refractivity contribution in [3.8, 4) is 0 Å². The molecule has 0 aromatic rings. The van der Waals surface area contributed by atoms with Crippen LogP contribution in [0.25, 0.3) is 0 Å². The molecule has 0 aromatic carbocycles. The SMILES string of the molecule is CC[C@H]1O[C@@H]2CCC[C@]2(I)[C@@H]1C(=O)N1C(=O)OC[C@@H]1C(C)C. The lowest BCUT2D eigenvalue weighted by Crippen LogP contribution is -2.51. The number of rotatable bonds is 3. The molecule has 0 spiro atoms. The van der Waals surface area contributed by atoms with Crippen LogP contribution in [0.3, 0.4) is 0 Å². The van der Waals surface area contributed by atoms with Gasteiger partial charge >= 0.3 is 6.09 Å². The number of carbonyl (C=O) groups excluding carboxylic acids is 2. The Bertz CT molecular complexity index is 483. The Balaban J connectivity index is 1.90. The zero-order chi connectivity index (χ0) is 16.1. The van der Waals surface area contributed by atoms with Gasteiger partial charge in [-0.05, 0) is 31.6 Å². The van der Waals surface area contributed by atoms with E-state index >= 15 is 0 Å². The second-order valence-corrected chi connectivity index (χ2v) is 8.97. The van der Waals surface area contributed by atoms with Gasteiger partial charge < -0.3 is 9.47 Å². The molecule has 2 saturated heterocycles. The van der Waals surface area contributed by atoms with E-state index in [2.05, 4.69) is 22.6 Å². The van der Waals surface area contributed by atoms with Crippen molar-refractivity contribution in [3.05, 3.63) is 0 Å². The van der Waals surface area contributed by atoms with Crippen molar-refractivity contribution in [2.75, 3.05) is 6.61 Å². The van der Waals surface area contributed by atoms with Gasteiger partial charge in [0.1, 0.15) is 6.61 Å². The van der Waals surface area contributed by atoms with E-state index in [1.54, 1.807) is 0 Å². The average molecular weight is 421 g/mol. The summed E-state index contributed by atoms with van der Waals surface area (Å²) in [6.45, 7) is 6.40. The molecule has 0 N–H and O–H groups in total. The Morgan fingerprint density at radius 1 is 1.50 bits per heavy atom. The predicted octanol–water partition coefficient (Wildman–Crippen LogP) is 3.14. The molecule has 1 aliphatic carbocycles. The van der Waals surface area contributed by atoms with Crippen LogP contribution < -0.4 is 0 Å². The number of alkyl halides is 1. The Labute approximate surface area is 145 Å². The summed E-state index contributed by atoms with van der Waals surface area (Å²) in [5.74, 6) is -0.133. The number of carbonyl (C=O) groups is 2. The fraction of sp³-hybridized carbons (Fsp3) is 0.875. The molecule has 2 aliphatic heterocycles. The molecule has 0 aromatic heterocycles. The van der Waals surface area contributed by atoms with Crippen LogP contribution in [0.2, 0.25) is 0 Å². The molecule has 3 fully saturated rings. The summed E-state index contributed by atoms with van der Waals surface area (Å²) in [6.07, 6.45) is 3.46. The van der Waals surface area contributed by atoms with Gasteiger partial charge in [-0.25, -0.2) is 9.69 Å². The molecule has 22 heavy (non-hydrogen) atoms. The van der Waals surface area contributed by atoms with Gasteiger partial charge in [-0.15, -0.1) is 0 Å². The molecular weight excluding hydrogens is 397 g/mol. The number of hydrogen-bond donors (Lipinski definition) is 0. The summed E-state index contributed by atoms with van der Waals surface area (Å²) in [7, 11) is 0. The fourth-order valence-corrected chi connectivity index (χ4v) is 5.63. The zero-order valence-corrected chi connectivity index (χ0v) is 15.5. The molecule has 2 heterocycles. The molecule has 3 rings (SSSR count). The van der Waals surface area contributed by atoms with Gasteiger partial charge in [0.2, 0.25) is 5.91 Å². The van der Waals surface area contributed by atoms with Gasteiger partial charge in [-0.3, -0.25) is 4.79 Å². The van der Waals surface area contributed by atoms with Crippen molar-refractivity contribution < 1.29 is 19.1 Å². The Kier molecular flexibility index (Phi) is 4.44. The molecule has 5 atom stereocenters. The van der Waals surface area contributed by atoms with Gasteiger partial charge in [0.05, 0.1) is 27.6 Å². The number of nitrogens with zero attached hydrogens (tertiary/aromatic N) is 1. The minimum Gasteiger partial charge on any atom is -0.447 e. The first-order chi connectivity index (χ1) is 10.4. The number of ether oxygens (including phenoxy) is 2. The van der Waals surface area contributed by atoms with Crippen LogP contribution in [0.4, 0.5) is 4.79 Å². The maximum atomic E-state index is 13.2. The first-order valence-electron chi connectivity index (χ1n) is 8.24. The van der Waals surface area contributed by atoms with Crippen LogP contribution in [0.15, 0.2) is 0 Å². The number of cyclic esters (lactones) is 1. The number of fused-ring (bicyclic) bond motifs is 1. The largest absolute Gasteiger partial charge is 0.447 e. The highest BCUT2D eigenvalue weighted by atomic mass is 127. The summed E-state index contributed by atoms with van der Waals surface area (Å²) in [6, 6.07) is -0.155. The van der Waals surface area contributed by atoms with E-state index in [1.807, 2.05) is 20.8 Å². The second kappa shape index (κ2) is 5.92. The van der Waals surface area contributed by atoms with Crippen LogP contribution >= 0.6 is 22.6 Å². The van der Waals surface area contributed by atoms with Crippen molar-refractivity contribution in [1.29, 1.82) is 0 Å². The predicted molar refractivity (Wildman–Crippen MR) is 89.9 cm³/mol. The first kappa shape index (κ1) is 16.5. The smallest absolute Gasteiger partial charge is 0.416 e. The highest BCUT2D eigenvalue weighted by molar-refractivity contribution is 14.1. The minimum absolute atomic E-state index is 0.0871. The van der Waals surface area contributed by atoms with E-state index in [4.69, 9.17) is 9.47 Å². The lowest BCUT2D eigenvalue weighted by Gasteiger charge is -2.32. The Morgan fingerprint density at radius 3 is 2.86 bits per heavy atom. The Hall–Kier alpha value is -0.370. The number of amides is 2. The summed E-state index contributed by atoms with van der Waals surface area (Å²) in [4.78, 5) is 26.7. The molecular formula is C16H24INO4. The van der Waals surface area contributed by atoms with Crippen molar-refractivity contribution in [1.82, 2.24) is 4.90 Å². The third-order valence-electron chi connectivity index (χ3n) is 5.37. The lowest BCUT2D eigenvalue weighted by atomic mass is 9.85. The normalized spacial score (nSPS) is 41.1. The van der Waals surface area contributed by atoms with Gasteiger partial charge in [0.15, 0.2) is 0 Å². The minimum atomic E-state index is -0.486. The van der Waals surface area contributed by atoms with Crippen molar-refractivity contribution >= 4 is 34.6 Å². The third-order valence-corrected chi connectivity index (χ3v) is 7.28. The van der Waals surface area contributed by atoms with E-state index in [0.717, 1.165) is 25.7 Å². The molecule has 2 amide bonds. The van der Waals surface area contributed by atoms with Gasteiger partial charge in [0.25, 0.3) is 0 Å². The molecule has 0 unspecified atom stereocenters. The summed E-state index contributed by atoms with van der Waals surface area (Å²) in [5.41, 5.74) is 0. The first-order valence-corrected chi connectivity index (χ1v) is 9.32. The fourth-order valence-electron chi connectivity index (χ4n) is 4.12. The molecule has 1 saturated carbocycles. The van der Waals surface area contributed by atoms with E-state index in [9.17, 15) is 9.59 Å². The van der Waals surface area contributed by atoms with E-state index in [1.165, 1.54) is 4.90 Å². The maximum absolute atomic E-state index is 13.2. The molecule has 6 heteroatoms. The second-order valence-electron chi connectivity index (χ2n) is 6.96. The highest BCUT2D eigenvalue weighted by Crippen LogP contribution is 2.54. The van der Waals surface area contributed by atoms with Gasteiger partial charge in [-0.2, -0.15) is 0 Å². The standard InChI is InChI=1S/C16H24INO4/c1-4-11-13(16(17)7-5-6-12(16)22-11)14(19)18-10(9(2)3)8-21-15(18)20/h9-13H,4-8H2,1-3H3/t10-,11-,12-,13+,16-/m1/s1. The van der Waals surface area contributed by atoms with Crippen LogP contribution in [-0.2, 0) is 14.3 Å². The maximum Gasteiger partial charge on any atom is 0.416 e. The quantitative estimate of drug-likeness (QED) is 0.519. The van der Waals surface area contributed by atoms with Gasteiger partial charge in [0, 0.05) is 0 Å². The van der Waals surface area contributed by atoms with E-state index in [0.29, 0.717) is 6.61 Å². The monoisotopic (exact) mass is 421 g/mol. The molecule has 3 aliphatic rings. The molecule has 0 radical (unpaired) electrons. The zero-order valence-electron chi connectivity index (χ0n) is 13.4. The van der Waals surface area contributed by atoms with Crippen molar-refractivity contribution in [2.45, 2.75) is 68.1 Å². The summed E-state index contributed by atoms with van der Waals surface area (Å²) < 4.78 is 11.1. The number of halogens is 1. The van der Waals surface area contributed by atoms with Crippen molar-refractivity contribution in [2.24, 2.45) is 11.8 Å². The summed E-state index contributed by atoms with van der Waals surface area (Å²) >= 11 is 2.43. The highest BCUT2D eigenvalue weighted by Gasteiger charge is 2.61. The molecule has 124 valence electrons. The van der Waals surface area contributed by atoms with E-state index < -0.39 is 6.09 Å². The van der Waals surface area contributed by atoms with Crippen molar-refractivity contribution in [3.63, 3.8) is 0 Å². The topological polar surface area (TPSA) is 55.8 Å². The van der Waals surface area contributed by atoms with Crippen LogP contribution in [-0.4, -0.2) is 45.2 Å². The molecule has 0 bridgehead atoms. The van der Waals surface area contributed by atoms with Crippen LogP contribution in [0.5, 0.6) is 0 Å². The summed E-state index contributed by atoms with van der Waals surface area (Å²) in [5, 5.41) is 0. The van der Waals surface area contributed by atoms with Gasteiger partial charge in [-0.1, -0.05) is 43.4 Å². The van der Waals surface area contributed by atoms with Crippen LogP contribution in [0.1, 0.15) is 46.5 Å². The number of hydrogen-bond acceptors (Lipinski definition) is 4. The number of imide groups is 1. The third kappa shape index (κ3) is 2.37. The Morgan fingerprint density at radius 2 is 2.23 bits per heavy atom. The molecule has 5 nitrogen and oxygen atoms in total. The average Bonchev–Trinajstić information content (AvgIpc) is 3.08. The lowest BCUT2D eigenvalue weighted by molar-refractivity contribution is -0.136. The van der Waals surface area contributed by atoms with Crippen LogP contribution in [0, 0.1) is 11.8 Å².